The van der Waals surface area contributed by atoms with Gasteiger partial charge in [0, 0.05) is 16.1 Å². The number of ketones is 1. The maximum Gasteiger partial charge on any atom is 0.417 e. The summed E-state index contributed by atoms with van der Waals surface area (Å²) in [5.74, 6) is -0.623. The van der Waals surface area contributed by atoms with Crippen LogP contribution in [0.4, 0.5) is 13.2 Å². The fourth-order valence-corrected chi connectivity index (χ4v) is 2.12. The van der Waals surface area contributed by atoms with Gasteiger partial charge in [-0.1, -0.05) is 29.8 Å². The fraction of sp³-hybridized carbons (Fsp3) is 0.188. The van der Waals surface area contributed by atoms with Crippen molar-refractivity contribution in [2.24, 2.45) is 0 Å². The Kier molecular flexibility index (Phi) is 4.76. The zero-order chi connectivity index (χ0) is 16.3. The van der Waals surface area contributed by atoms with Crippen LogP contribution in [0.3, 0.4) is 0 Å². The SMILES string of the molecule is CC(=O)c1ccc(OCc2ccccc2Cl)cc1C(F)(F)F. The summed E-state index contributed by atoms with van der Waals surface area (Å²) in [6.45, 7) is 1.13. The molecule has 0 N–H and O–H groups in total. The Hall–Kier alpha value is -2.01. The van der Waals surface area contributed by atoms with Crippen molar-refractivity contribution in [3.8, 4) is 5.75 Å². The van der Waals surface area contributed by atoms with Gasteiger partial charge in [-0.15, -0.1) is 0 Å². The summed E-state index contributed by atoms with van der Waals surface area (Å²) >= 11 is 5.96. The standard InChI is InChI=1S/C16H12ClF3O2/c1-10(21)13-7-6-12(8-14(13)16(18,19)20)22-9-11-4-2-3-5-15(11)17/h2-8H,9H2,1H3. The number of carbonyl (C=O) groups is 1. The van der Waals surface area contributed by atoms with Crippen LogP contribution in [0.1, 0.15) is 28.4 Å². The number of hydrogen-bond acceptors (Lipinski definition) is 2. The molecule has 0 saturated carbocycles. The van der Waals surface area contributed by atoms with Gasteiger partial charge in [-0.25, -0.2) is 0 Å². The van der Waals surface area contributed by atoms with Crippen LogP contribution in [0.25, 0.3) is 0 Å². The highest BCUT2D eigenvalue weighted by Crippen LogP contribution is 2.35. The van der Waals surface area contributed by atoms with Gasteiger partial charge in [-0.05, 0) is 31.2 Å². The Morgan fingerprint density at radius 2 is 1.86 bits per heavy atom. The maximum atomic E-state index is 13.0. The first-order chi connectivity index (χ1) is 10.3. The second-order valence-electron chi connectivity index (χ2n) is 4.64. The van der Waals surface area contributed by atoms with Crippen molar-refractivity contribution < 1.29 is 22.7 Å². The van der Waals surface area contributed by atoms with E-state index in [2.05, 4.69) is 0 Å². The van der Waals surface area contributed by atoms with Crippen molar-refractivity contribution in [3.63, 3.8) is 0 Å². The zero-order valence-corrected chi connectivity index (χ0v) is 12.3. The molecule has 0 aliphatic heterocycles. The van der Waals surface area contributed by atoms with Crippen LogP contribution < -0.4 is 4.74 Å². The molecule has 2 rings (SSSR count). The molecule has 2 aromatic carbocycles. The molecule has 0 saturated heterocycles. The van der Waals surface area contributed by atoms with Gasteiger partial charge in [0.05, 0.1) is 5.56 Å². The molecule has 0 aromatic heterocycles. The summed E-state index contributed by atoms with van der Waals surface area (Å²) in [6.07, 6.45) is -4.62. The van der Waals surface area contributed by atoms with E-state index in [4.69, 9.17) is 16.3 Å². The Morgan fingerprint density at radius 3 is 2.45 bits per heavy atom. The predicted octanol–water partition coefficient (Wildman–Crippen LogP) is 5.14. The van der Waals surface area contributed by atoms with Crippen LogP contribution in [-0.4, -0.2) is 5.78 Å². The summed E-state index contributed by atoms with van der Waals surface area (Å²) < 4.78 is 44.3. The van der Waals surface area contributed by atoms with Gasteiger partial charge >= 0.3 is 6.18 Å². The minimum atomic E-state index is -4.62. The normalized spacial score (nSPS) is 11.3. The van der Waals surface area contributed by atoms with Gasteiger partial charge in [0.15, 0.2) is 5.78 Å². The van der Waals surface area contributed by atoms with Crippen molar-refractivity contribution in [2.75, 3.05) is 0 Å². The lowest BCUT2D eigenvalue weighted by Gasteiger charge is -2.14. The molecule has 0 aliphatic rings. The topological polar surface area (TPSA) is 26.3 Å². The summed E-state index contributed by atoms with van der Waals surface area (Å²) in [6, 6.07) is 10.2. The molecule has 0 heterocycles. The van der Waals surface area contributed by atoms with Crippen molar-refractivity contribution in [1.29, 1.82) is 0 Å². The van der Waals surface area contributed by atoms with Gasteiger partial charge < -0.3 is 4.74 Å². The van der Waals surface area contributed by atoms with Gasteiger partial charge in [0.2, 0.25) is 0 Å². The molecule has 0 amide bonds. The molecule has 0 atom stereocenters. The third kappa shape index (κ3) is 3.80. The lowest BCUT2D eigenvalue weighted by Crippen LogP contribution is -2.12. The van der Waals surface area contributed by atoms with Crippen LogP contribution in [0.2, 0.25) is 5.02 Å². The lowest BCUT2D eigenvalue weighted by molar-refractivity contribution is -0.138. The lowest BCUT2D eigenvalue weighted by atomic mass is 10.0. The number of hydrogen-bond donors (Lipinski definition) is 0. The molecule has 2 aromatic rings. The highest BCUT2D eigenvalue weighted by molar-refractivity contribution is 6.31. The second kappa shape index (κ2) is 6.40. The molecule has 0 radical (unpaired) electrons. The van der Waals surface area contributed by atoms with E-state index in [1.165, 1.54) is 6.07 Å². The minimum Gasteiger partial charge on any atom is -0.489 e. The monoisotopic (exact) mass is 328 g/mol. The van der Waals surface area contributed by atoms with E-state index in [9.17, 15) is 18.0 Å². The summed E-state index contributed by atoms with van der Waals surface area (Å²) in [7, 11) is 0. The highest BCUT2D eigenvalue weighted by Gasteiger charge is 2.34. The van der Waals surface area contributed by atoms with Gasteiger partial charge in [0.1, 0.15) is 12.4 Å². The van der Waals surface area contributed by atoms with Gasteiger partial charge in [-0.2, -0.15) is 13.2 Å². The van der Waals surface area contributed by atoms with Crippen molar-refractivity contribution in [3.05, 3.63) is 64.2 Å². The smallest absolute Gasteiger partial charge is 0.417 e. The van der Waals surface area contributed by atoms with Crippen LogP contribution in [0, 0.1) is 0 Å². The highest BCUT2D eigenvalue weighted by atomic mass is 35.5. The molecular weight excluding hydrogens is 317 g/mol. The Labute approximate surface area is 130 Å². The van der Waals surface area contributed by atoms with Crippen LogP contribution in [0.5, 0.6) is 5.75 Å². The Morgan fingerprint density at radius 1 is 1.18 bits per heavy atom. The number of alkyl halides is 3. The first kappa shape index (κ1) is 16.4. The van der Waals surface area contributed by atoms with E-state index in [1.54, 1.807) is 24.3 Å². The molecule has 0 spiro atoms. The third-order valence-electron chi connectivity index (χ3n) is 3.03. The molecule has 0 fully saturated rings. The number of Topliss-reactive ketones (excluding diaryl/α,β-unsaturated/α-hetero) is 1. The molecule has 6 heteroatoms. The number of rotatable bonds is 4. The molecule has 0 bridgehead atoms. The molecule has 22 heavy (non-hydrogen) atoms. The van der Waals surface area contributed by atoms with E-state index < -0.39 is 17.5 Å². The zero-order valence-electron chi connectivity index (χ0n) is 11.6. The maximum absolute atomic E-state index is 13.0. The molecule has 0 unspecified atom stereocenters. The van der Waals surface area contributed by atoms with E-state index in [0.717, 1.165) is 19.1 Å². The quantitative estimate of drug-likeness (QED) is 0.726. The molecular formula is C16H12ClF3O2. The summed E-state index contributed by atoms with van der Waals surface area (Å²) in [5.41, 5.74) is -0.720. The first-order valence-corrected chi connectivity index (χ1v) is 6.75. The average molecular weight is 329 g/mol. The number of benzene rings is 2. The van der Waals surface area contributed by atoms with E-state index >= 15 is 0 Å². The van der Waals surface area contributed by atoms with Crippen LogP contribution in [0.15, 0.2) is 42.5 Å². The minimum absolute atomic E-state index is 0.0252. The molecule has 2 nitrogen and oxygen atoms in total. The van der Waals surface area contributed by atoms with Crippen molar-refractivity contribution >= 4 is 17.4 Å². The van der Waals surface area contributed by atoms with E-state index in [1.807, 2.05) is 0 Å². The van der Waals surface area contributed by atoms with Crippen molar-refractivity contribution in [2.45, 2.75) is 19.7 Å². The van der Waals surface area contributed by atoms with E-state index in [-0.39, 0.29) is 17.9 Å². The van der Waals surface area contributed by atoms with Gasteiger partial charge in [-0.3, -0.25) is 4.79 Å². The van der Waals surface area contributed by atoms with Crippen LogP contribution in [-0.2, 0) is 12.8 Å². The summed E-state index contributed by atoms with van der Waals surface area (Å²) in [5, 5.41) is 0.471. The molecule has 0 aliphatic carbocycles. The largest absolute Gasteiger partial charge is 0.489 e. The van der Waals surface area contributed by atoms with Gasteiger partial charge in [0.25, 0.3) is 0 Å². The van der Waals surface area contributed by atoms with E-state index in [0.29, 0.717) is 10.6 Å². The Balaban J connectivity index is 2.26. The summed E-state index contributed by atoms with van der Waals surface area (Å²) in [4.78, 5) is 11.3. The average Bonchev–Trinajstić information content (AvgIpc) is 2.45. The Bertz CT molecular complexity index is 696. The number of ether oxygens (including phenoxy) is 1. The first-order valence-electron chi connectivity index (χ1n) is 6.37. The molecule has 116 valence electrons. The number of carbonyl (C=O) groups excluding carboxylic acids is 1. The number of halogens is 4. The predicted molar refractivity (Wildman–Crippen MR) is 77.2 cm³/mol. The second-order valence-corrected chi connectivity index (χ2v) is 5.05. The van der Waals surface area contributed by atoms with Crippen molar-refractivity contribution in [1.82, 2.24) is 0 Å². The van der Waals surface area contributed by atoms with Crippen LogP contribution >= 0.6 is 11.6 Å². The fourth-order valence-electron chi connectivity index (χ4n) is 1.93. The third-order valence-corrected chi connectivity index (χ3v) is 3.40.